The van der Waals surface area contributed by atoms with E-state index >= 15 is 0 Å². The number of hydrogen-bond donors (Lipinski definition) is 3. The Morgan fingerprint density at radius 3 is 2.32 bits per heavy atom. The second kappa shape index (κ2) is 11.0. The van der Waals surface area contributed by atoms with Crippen molar-refractivity contribution in [3.8, 4) is 5.69 Å². The minimum absolute atomic E-state index is 0.147. The molecule has 200 valence electrons. The fraction of sp³-hybridized carbons (Fsp3) is 0.520. The maximum atomic E-state index is 13.9. The van der Waals surface area contributed by atoms with Gasteiger partial charge in [0.15, 0.2) is 0 Å². The Balaban J connectivity index is 1.32. The van der Waals surface area contributed by atoms with Crippen molar-refractivity contribution < 1.29 is 14.0 Å². The molecule has 2 atom stereocenters. The summed E-state index contributed by atoms with van der Waals surface area (Å²) in [4.78, 5) is 46.9. The zero-order chi connectivity index (χ0) is 26.7. The summed E-state index contributed by atoms with van der Waals surface area (Å²) < 4.78 is 15.3. The lowest BCUT2D eigenvalue weighted by atomic mass is 10.0. The van der Waals surface area contributed by atoms with Gasteiger partial charge in [0.2, 0.25) is 5.91 Å². The van der Waals surface area contributed by atoms with Crippen molar-refractivity contribution in [3.05, 3.63) is 52.6 Å². The number of hydrogen-bond acceptors (Lipinski definition) is 7. The molecular weight excluding hydrogens is 479 g/mol. The molecule has 2 unspecified atom stereocenters. The van der Waals surface area contributed by atoms with Crippen LogP contribution in [0.2, 0.25) is 0 Å². The maximum Gasteiger partial charge on any atom is 0.354 e. The maximum absolute atomic E-state index is 13.9. The third-order valence-electron chi connectivity index (χ3n) is 6.74. The summed E-state index contributed by atoms with van der Waals surface area (Å²) in [5.41, 5.74) is 11.8. The number of likely N-dealkylation sites (tertiary alicyclic amines) is 1. The Morgan fingerprint density at radius 1 is 1.08 bits per heavy atom. The number of nitrogens with zero attached hydrogens (tertiary/aromatic N) is 5. The number of carbonyl (C=O) groups excluding carboxylic acids is 2. The number of rotatable bonds is 5. The van der Waals surface area contributed by atoms with Crippen LogP contribution in [0, 0.1) is 0 Å². The molecule has 0 radical (unpaired) electrons. The van der Waals surface area contributed by atoms with Gasteiger partial charge in [-0.1, -0.05) is 12.1 Å². The van der Waals surface area contributed by atoms with Crippen molar-refractivity contribution in [3.63, 3.8) is 0 Å². The van der Waals surface area contributed by atoms with Crippen molar-refractivity contribution in [2.45, 2.75) is 44.6 Å². The summed E-state index contributed by atoms with van der Waals surface area (Å²) in [5, 5.41) is 2.66. The molecule has 12 heteroatoms. The van der Waals surface area contributed by atoms with Gasteiger partial charge in [0.05, 0.1) is 11.2 Å². The van der Waals surface area contributed by atoms with Gasteiger partial charge >= 0.3 is 11.7 Å². The molecule has 0 spiro atoms. The standard InChI is InChI=1S/C25H35FN8O3/c1-25(2,28)22(35)32-11-13-33(14-12-32)23(36)29-21-8-10-34(24(37)30-21)18-5-3-17(4-6-18)15-31-9-7-20(27)19(26)16-31/h3-6,8,10,19-20H,7,9,11-16,27-28H2,1-2H3,(H,29,30,36,37). The Bertz CT molecular complexity index is 1170. The van der Waals surface area contributed by atoms with Crippen LogP contribution in [0.25, 0.3) is 5.69 Å². The van der Waals surface area contributed by atoms with Crippen LogP contribution in [-0.2, 0) is 11.3 Å². The molecule has 11 nitrogen and oxygen atoms in total. The van der Waals surface area contributed by atoms with Gasteiger partial charge in [0.1, 0.15) is 12.0 Å². The van der Waals surface area contributed by atoms with Gasteiger partial charge < -0.3 is 21.3 Å². The molecule has 2 aliphatic heterocycles. The molecule has 3 amide bonds. The zero-order valence-corrected chi connectivity index (χ0v) is 21.3. The fourth-order valence-corrected chi connectivity index (χ4v) is 4.53. The molecule has 4 rings (SSSR count). The molecule has 2 saturated heterocycles. The van der Waals surface area contributed by atoms with Gasteiger partial charge in [-0.3, -0.25) is 19.6 Å². The van der Waals surface area contributed by atoms with Crippen LogP contribution in [0.1, 0.15) is 25.8 Å². The number of alkyl halides is 1. The lowest BCUT2D eigenvalue weighted by Gasteiger charge is -2.37. The summed E-state index contributed by atoms with van der Waals surface area (Å²) in [6.45, 7) is 6.47. The molecule has 2 aliphatic rings. The largest absolute Gasteiger partial charge is 0.354 e. The normalized spacial score (nSPS) is 21.1. The molecule has 2 fully saturated rings. The van der Waals surface area contributed by atoms with Crippen molar-refractivity contribution in [1.82, 2.24) is 24.3 Å². The van der Waals surface area contributed by atoms with E-state index in [-0.39, 0.29) is 17.8 Å². The Morgan fingerprint density at radius 2 is 1.73 bits per heavy atom. The minimum Gasteiger partial charge on any atom is -0.338 e. The molecule has 0 aliphatic carbocycles. The van der Waals surface area contributed by atoms with Crippen LogP contribution in [0.5, 0.6) is 0 Å². The highest BCUT2D eigenvalue weighted by atomic mass is 19.1. The summed E-state index contributed by atoms with van der Waals surface area (Å²) in [6.07, 6.45) is 1.17. The second-order valence-corrected chi connectivity index (χ2v) is 10.3. The van der Waals surface area contributed by atoms with E-state index in [1.54, 1.807) is 35.9 Å². The lowest BCUT2D eigenvalue weighted by Crippen LogP contribution is -2.58. The molecule has 37 heavy (non-hydrogen) atoms. The number of nitrogens with two attached hydrogens (primary N) is 2. The summed E-state index contributed by atoms with van der Waals surface area (Å²) >= 11 is 0. The topological polar surface area (TPSA) is 143 Å². The first-order valence-corrected chi connectivity index (χ1v) is 12.5. The number of benzene rings is 1. The van der Waals surface area contributed by atoms with Gasteiger partial charge in [0.25, 0.3) is 0 Å². The van der Waals surface area contributed by atoms with E-state index in [1.165, 1.54) is 4.57 Å². The molecule has 5 N–H and O–H groups in total. The van der Waals surface area contributed by atoms with Gasteiger partial charge in [-0.15, -0.1) is 0 Å². The first-order chi connectivity index (χ1) is 17.5. The highest BCUT2D eigenvalue weighted by Gasteiger charge is 2.31. The monoisotopic (exact) mass is 514 g/mol. The quantitative estimate of drug-likeness (QED) is 0.528. The van der Waals surface area contributed by atoms with Crippen LogP contribution in [-0.4, -0.2) is 93.2 Å². The first kappa shape index (κ1) is 26.7. The van der Waals surface area contributed by atoms with Crippen LogP contribution in [0.4, 0.5) is 15.0 Å². The van der Waals surface area contributed by atoms with Gasteiger partial charge in [-0.05, 0) is 44.0 Å². The van der Waals surface area contributed by atoms with Gasteiger partial charge in [-0.25, -0.2) is 14.0 Å². The number of urea groups is 1. The average molecular weight is 515 g/mol. The SMILES string of the molecule is CC(C)(N)C(=O)N1CCN(C(=O)Nc2ccn(-c3ccc(CN4CCC(N)C(F)C4)cc3)c(=O)n2)CC1. The van der Waals surface area contributed by atoms with E-state index in [4.69, 9.17) is 11.5 Å². The Hall–Kier alpha value is -3.35. The number of halogens is 1. The number of piperazine rings is 1. The van der Waals surface area contributed by atoms with Crippen molar-refractivity contribution in [2.24, 2.45) is 11.5 Å². The number of aromatic nitrogens is 2. The first-order valence-electron chi connectivity index (χ1n) is 12.5. The van der Waals surface area contributed by atoms with E-state index in [2.05, 4.69) is 10.3 Å². The smallest absolute Gasteiger partial charge is 0.338 e. The van der Waals surface area contributed by atoms with Crippen LogP contribution < -0.4 is 22.5 Å². The van der Waals surface area contributed by atoms with Crippen LogP contribution >= 0.6 is 0 Å². The van der Waals surface area contributed by atoms with Crippen LogP contribution in [0.15, 0.2) is 41.3 Å². The van der Waals surface area contributed by atoms with E-state index < -0.39 is 23.4 Å². The number of nitrogens with one attached hydrogen (secondary N) is 1. The molecular formula is C25H35FN8O3. The number of amides is 3. The second-order valence-electron chi connectivity index (χ2n) is 10.3. The molecule has 2 aromatic rings. The highest BCUT2D eigenvalue weighted by Crippen LogP contribution is 2.17. The summed E-state index contributed by atoms with van der Waals surface area (Å²) in [5.74, 6) is -0.0101. The minimum atomic E-state index is -1.02. The van der Waals surface area contributed by atoms with E-state index in [0.717, 1.165) is 12.1 Å². The fourth-order valence-electron chi connectivity index (χ4n) is 4.53. The molecule has 3 heterocycles. The Kier molecular flexibility index (Phi) is 7.90. The van der Waals surface area contributed by atoms with E-state index in [1.807, 2.05) is 29.2 Å². The highest BCUT2D eigenvalue weighted by molar-refractivity contribution is 5.89. The van der Waals surface area contributed by atoms with Crippen LogP contribution in [0.3, 0.4) is 0 Å². The molecule has 1 aromatic heterocycles. The number of carbonyl (C=O) groups is 2. The van der Waals surface area contributed by atoms with Gasteiger partial charge in [0, 0.05) is 58.1 Å². The Labute approximate surface area is 215 Å². The summed E-state index contributed by atoms with van der Waals surface area (Å²) in [7, 11) is 0. The predicted octanol–water partition coefficient (Wildman–Crippen LogP) is 0.517. The van der Waals surface area contributed by atoms with Crippen molar-refractivity contribution in [1.29, 1.82) is 0 Å². The van der Waals surface area contributed by atoms with Gasteiger partial charge in [-0.2, -0.15) is 4.98 Å². The average Bonchev–Trinajstić information content (AvgIpc) is 2.86. The molecule has 1 aromatic carbocycles. The van der Waals surface area contributed by atoms with Crippen molar-refractivity contribution >= 4 is 17.8 Å². The number of piperidine rings is 1. The van der Waals surface area contributed by atoms with Crippen molar-refractivity contribution in [2.75, 3.05) is 44.6 Å². The third kappa shape index (κ3) is 6.51. The zero-order valence-electron chi connectivity index (χ0n) is 21.3. The number of anilines is 1. The molecule has 0 bridgehead atoms. The predicted molar refractivity (Wildman–Crippen MR) is 138 cm³/mol. The third-order valence-corrected chi connectivity index (χ3v) is 6.74. The lowest BCUT2D eigenvalue weighted by molar-refractivity contribution is -0.137. The summed E-state index contributed by atoms with van der Waals surface area (Å²) in [6, 6.07) is 8.19. The van der Waals surface area contributed by atoms with E-state index in [0.29, 0.717) is 51.4 Å². The van der Waals surface area contributed by atoms with E-state index in [9.17, 15) is 18.8 Å². The molecule has 0 saturated carbocycles.